The predicted molar refractivity (Wildman–Crippen MR) is 131 cm³/mol. The molecule has 2 heterocycles. The van der Waals surface area contributed by atoms with Crippen LogP contribution in [0.4, 0.5) is 4.39 Å². The average Bonchev–Trinajstić information content (AvgIpc) is 3.34. The molecule has 0 spiro atoms. The van der Waals surface area contributed by atoms with Crippen molar-refractivity contribution in [1.29, 1.82) is 0 Å². The molecular formula is C26H26ClFN2O5. The van der Waals surface area contributed by atoms with Gasteiger partial charge in [0.25, 0.3) is 0 Å². The van der Waals surface area contributed by atoms with Crippen molar-refractivity contribution in [2.75, 3.05) is 34.0 Å². The number of halogens is 2. The maximum atomic E-state index is 13.7. The summed E-state index contributed by atoms with van der Waals surface area (Å²) in [4.78, 5) is 9.25. The van der Waals surface area contributed by atoms with Crippen molar-refractivity contribution in [3.63, 3.8) is 0 Å². The molecule has 35 heavy (non-hydrogen) atoms. The molecule has 0 amide bonds. The first-order chi connectivity index (χ1) is 16.9. The molecule has 1 unspecified atom stereocenters. The van der Waals surface area contributed by atoms with Gasteiger partial charge < -0.3 is 24.1 Å². The molecule has 0 fully saturated rings. The Morgan fingerprint density at radius 1 is 1.03 bits per heavy atom. The van der Waals surface area contributed by atoms with Crippen molar-refractivity contribution in [3.05, 3.63) is 70.6 Å². The highest BCUT2D eigenvalue weighted by Crippen LogP contribution is 2.37. The number of aromatic nitrogens is 1. The summed E-state index contributed by atoms with van der Waals surface area (Å²) in [5.41, 5.74) is 0.931. The molecule has 0 bridgehead atoms. The number of ether oxygens (including phenoxy) is 4. The molecule has 4 rings (SSSR count). The van der Waals surface area contributed by atoms with E-state index in [2.05, 4.69) is 4.99 Å². The molecule has 0 saturated carbocycles. The Kier molecular flexibility index (Phi) is 7.42. The number of pyridine rings is 1. The van der Waals surface area contributed by atoms with Gasteiger partial charge in [0.15, 0.2) is 17.1 Å². The van der Waals surface area contributed by atoms with E-state index < -0.39 is 11.4 Å². The zero-order chi connectivity index (χ0) is 25.0. The Morgan fingerprint density at radius 3 is 2.46 bits per heavy atom. The summed E-state index contributed by atoms with van der Waals surface area (Å²) in [6, 6.07) is 13.1. The molecule has 1 atom stereocenters. The summed E-state index contributed by atoms with van der Waals surface area (Å²) in [5, 5.41) is 10.3. The zero-order valence-corrected chi connectivity index (χ0v) is 20.4. The van der Waals surface area contributed by atoms with E-state index in [1.807, 2.05) is 13.0 Å². The number of benzene rings is 2. The van der Waals surface area contributed by atoms with Crippen LogP contribution in [-0.4, -0.2) is 50.0 Å². The minimum atomic E-state index is -1.20. The highest BCUT2D eigenvalue weighted by molar-refractivity contribution is 6.31. The van der Waals surface area contributed by atoms with Gasteiger partial charge in [0, 0.05) is 11.1 Å². The molecule has 1 aromatic heterocycles. The summed E-state index contributed by atoms with van der Waals surface area (Å²) in [6.45, 7) is 2.39. The van der Waals surface area contributed by atoms with E-state index >= 15 is 0 Å². The van der Waals surface area contributed by atoms with Crippen molar-refractivity contribution in [3.8, 4) is 28.5 Å². The fourth-order valence-electron chi connectivity index (χ4n) is 3.74. The monoisotopic (exact) mass is 500 g/mol. The van der Waals surface area contributed by atoms with Gasteiger partial charge in [0.2, 0.25) is 5.90 Å². The highest BCUT2D eigenvalue weighted by Gasteiger charge is 2.42. The molecule has 1 N–H and O–H groups in total. The lowest BCUT2D eigenvalue weighted by molar-refractivity contribution is 0.0165. The van der Waals surface area contributed by atoms with Crippen LogP contribution in [0.3, 0.4) is 0 Å². The number of hydrogen-bond donors (Lipinski definition) is 1. The Morgan fingerprint density at radius 2 is 1.77 bits per heavy atom. The number of rotatable bonds is 9. The second-order valence-corrected chi connectivity index (χ2v) is 8.37. The molecule has 0 aliphatic carbocycles. The van der Waals surface area contributed by atoms with Crippen LogP contribution >= 0.6 is 11.6 Å². The van der Waals surface area contributed by atoms with Gasteiger partial charge in [0.1, 0.15) is 17.3 Å². The average molecular weight is 501 g/mol. The molecular weight excluding hydrogens is 475 g/mol. The fraction of sp³-hybridized carbons (Fsp3) is 0.308. The predicted octanol–water partition coefficient (Wildman–Crippen LogP) is 5.01. The van der Waals surface area contributed by atoms with Gasteiger partial charge in [-0.2, -0.15) is 0 Å². The summed E-state index contributed by atoms with van der Waals surface area (Å²) in [7, 11) is 3.08. The van der Waals surface area contributed by atoms with Crippen molar-refractivity contribution in [2.45, 2.75) is 18.9 Å². The summed E-state index contributed by atoms with van der Waals surface area (Å²) >= 11 is 5.99. The normalized spacial score (nSPS) is 17.0. The van der Waals surface area contributed by atoms with Crippen LogP contribution in [0.1, 0.15) is 24.6 Å². The van der Waals surface area contributed by atoms with Gasteiger partial charge in [-0.1, -0.05) is 18.5 Å². The van der Waals surface area contributed by atoms with Crippen LogP contribution in [0.2, 0.25) is 5.02 Å². The molecule has 7 nitrogen and oxygen atoms in total. The molecule has 0 saturated heterocycles. The maximum absolute atomic E-state index is 13.7. The highest BCUT2D eigenvalue weighted by atomic mass is 35.5. The van der Waals surface area contributed by atoms with Gasteiger partial charge in [-0.3, -0.25) is 0 Å². The molecule has 2 aromatic carbocycles. The smallest absolute Gasteiger partial charge is 0.217 e. The fourth-order valence-corrected chi connectivity index (χ4v) is 3.92. The van der Waals surface area contributed by atoms with Gasteiger partial charge in [-0.05, 0) is 55.0 Å². The Bertz CT molecular complexity index is 1250. The zero-order valence-electron chi connectivity index (χ0n) is 19.7. The molecule has 1 aliphatic heterocycles. The van der Waals surface area contributed by atoms with E-state index in [-0.39, 0.29) is 18.2 Å². The van der Waals surface area contributed by atoms with E-state index in [1.54, 1.807) is 37.4 Å². The van der Waals surface area contributed by atoms with Crippen LogP contribution in [0.5, 0.6) is 17.2 Å². The number of hydrogen-bond acceptors (Lipinski definition) is 7. The third-order valence-electron chi connectivity index (χ3n) is 5.64. The summed E-state index contributed by atoms with van der Waals surface area (Å²) in [5.74, 6) is 1.47. The number of nitrogens with zero attached hydrogens (tertiary/aromatic N) is 2. The number of aliphatic hydroxyl groups excluding tert-OH is 1. The quantitative estimate of drug-likeness (QED) is 0.444. The van der Waals surface area contributed by atoms with Gasteiger partial charge in [0.05, 0.1) is 44.7 Å². The van der Waals surface area contributed by atoms with Crippen molar-refractivity contribution in [1.82, 2.24) is 4.98 Å². The van der Waals surface area contributed by atoms with E-state index in [9.17, 15) is 9.50 Å². The van der Waals surface area contributed by atoms with Gasteiger partial charge >= 0.3 is 0 Å². The molecule has 9 heteroatoms. The first-order valence-electron chi connectivity index (χ1n) is 11.1. The molecule has 3 aromatic rings. The lowest BCUT2D eigenvalue weighted by atomic mass is 9.99. The maximum Gasteiger partial charge on any atom is 0.217 e. The molecule has 1 aliphatic rings. The van der Waals surface area contributed by atoms with Crippen LogP contribution in [-0.2, 0) is 10.3 Å². The van der Waals surface area contributed by atoms with E-state index in [0.29, 0.717) is 52.3 Å². The van der Waals surface area contributed by atoms with Gasteiger partial charge in [-0.25, -0.2) is 14.4 Å². The van der Waals surface area contributed by atoms with Crippen LogP contribution in [0.25, 0.3) is 11.3 Å². The standard InChI is InChI=1S/C26H26ClFN2O5/c1-4-11-34-20-8-6-17(13-22(20)33-3)25-29-14-26(15-31,35-25)23-10-9-21(32-2)24(30-23)16-5-7-19(28)18(27)12-16/h5-10,12-13,31H,4,11,14-15H2,1-3H3. The van der Waals surface area contributed by atoms with E-state index in [4.69, 9.17) is 35.5 Å². The third kappa shape index (κ3) is 4.90. The topological polar surface area (TPSA) is 82.4 Å². The minimum Gasteiger partial charge on any atom is -0.494 e. The first-order valence-corrected chi connectivity index (χ1v) is 11.5. The van der Waals surface area contributed by atoms with Crippen LogP contribution in [0.15, 0.2) is 53.5 Å². The molecule has 0 radical (unpaired) electrons. The van der Waals surface area contributed by atoms with Gasteiger partial charge in [-0.15, -0.1) is 0 Å². The lowest BCUT2D eigenvalue weighted by Crippen LogP contribution is -2.36. The number of methoxy groups -OCH3 is 2. The second-order valence-electron chi connectivity index (χ2n) is 7.97. The van der Waals surface area contributed by atoms with Crippen LogP contribution in [0, 0.1) is 5.82 Å². The third-order valence-corrected chi connectivity index (χ3v) is 5.93. The van der Waals surface area contributed by atoms with Crippen molar-refractivity contribution < 1.29 is 28.4 Å². The second kappa shape index (κ2) is 10.5. The number of aliphatic hydroxyl groups is 1. The van der Waals surface area contributed by atoms with Crippen molar-refractivity contribution >= 4 is 17.5 Å². The summed E-state index contributed by atoms with van der Waals surface area (Å²) in [6.07, 6.45) is 0.876. The van der Waals surface area contributed by atoms with E-state index in [1.165, 1.54) is 19.2 Å². The lowest BCUT2D eigenvalue weighted by Gasteiger charge is -2.26. The Labute approximate surface area is 208 Å². The molecule has 184 valence electrons. The SMILES string of the molecule is CCCOc1ccc(C2=NCC(CO)(c3ccc(OC)c(-c4ccc(F)c(Cl)c4)n3)O2)cc1OC. The van der Waals surface area contributed by atoms with E-state index in [0.717, 1.165) is 6.42 Å². The first kappa shape index (κ1) is 24.8. The largest absolute Gasteiger partial charge is 0.494 e. The number of aliphatic imine (C=N–C) groups is 1. The summed E-state index contributed by atoms with van der Waals surface area (Å²) < 4.78 is 36.6. The minimum absolute atomic E-state index is 0.0309. The Balaban J connectivity index is 1.66. The van der Waals surface area contributed by atoms with Crippen LogP contribution < -0.4 is 14.2 Å². The van der Waals surface area contributed by atoms with Crippen molar-refractivity contribution in [2.24, 2.45) is 4.99 Å². The Hall–Kier alpha value is -3.36.